The summed E-state index contributed by atoms with van der Waals surface area (Å²) >= 11 is 4.58. The summed E-state index contributed by atoms with van der Waals surface area (Å²) in [6.45, 7) is 11.2. The Morgan fingerprint density at radius 1 is 1.38 bits per heavy atom. The molecule has 1 aliphatic heterocycles. The van der Waals surface area contributed by atoms with Crippen molar-refractivity contribution in [2.75, 3.05) is 11.5 Å². The van der Waals surface area contributed by atoms with Crippen molar-refractivity contribution in [1.82, 2.24) is 0 Å². The van der Waals surface area contributed by atoms with Gasteiger partial charge in [0, 0.05) is 3.70 Å². The van der Waals surface area contributed by atoms with Crippen LogP contribution in [0.25, 0.3) is 0 Å². The largest absolute Gasteiger partial charge is 0.148 e. The first kappa shape index (κ1) is 14.7. The monoisotopic (exact) mass is 274 g/mol. The molecule has 1 heterocycles. The molecule has 3 heteroatoms. The van der Waals surface area contributed by atoms with Crippen LogP contribution in [0.2, 0.25) is 12.6 Å². The van der Waals surface area contributed by atoms with Crippen LogP contribution in [0.4, 0.5) is 0 Å². The van der Waals surface area contributed by atoms with Crippen LogP contribution in [-0.4, -0.2) is 24.0 Å². The van der Waals surface area contributed by atoms with Crippen molar-refractivity contribution >= 4 is 32.3 Å². The van der Waals surface area contributed by atoms with E-state index in [2.05, 4.69) is 56.6 Å². The number of allylic oxidation sites excluding steroid dienone is 1. The van der Waals surface area contributed by atoms with Crippen LogP contribution in [0.1, 0.15) is 33.1 Å². The van der Waals surface area contributed by atoms with Gasteiger partial charge in [-0.1, -0.05) is 32.5 Å². The van der Waals surface area contributed by atoms with Gasteiger partial charge in [0.15, 0.2) is 0 Å². The standard InChI is InChI=1S/C13H26S2Si/c1-5-6-10-16(4)13(11-12(2)3)14-8-7-9-15-13/h5,12,16H,1,6-11H2,2-4H3. The summed E-state index contributed by atoms with van der Waals surface area (Å²) in [5, 5.41) is 0. The minimum atomic E-state index is -0.638. The minimum absolute atomic E-state index is 0.634. The molecule has 94 valence electrons. The molecule has 16 heavy (non-hydrogen) atoms. The third kappa shape index (κ3) is 4.15. The maximum Gasteiger partial charge on any atom is 0.0656 e. The molecule has 0 amide bonds. The highest BCUT2D eigenvalue weighted by atomic mass is 32.2. The normalized spacial score (nSPS) is 22.0. The zero-order valence-corrected chi connectivity index (χ0v) is 13.8. The second-order valence-electron chi connectivity index (χ2n) is 5.23. The van der Waals surface area contributed by atoms with E-state index in [9.17, 15) is 0 Å². The highest BCUT2D eigenvalue weighted by Gasteiger charge is 2.39. The van der Waals surface area contributed by atoms with Crippen LogP contribution in [0.5, 0.6) is 0 Å². The molecular weight excluding hydrogens is 248 g/mol. The van der Waals surface area contributed by atoms with Gasteiger partial charge in [0.25, 0.3) is 0 Å². The van der Waals surface area contributed by atoms with Gasteiger partial charge >= 0.3 is 0 Å². The van der Waals surface area contributed by atoms with Crippen molar-refractivity contribution in [3.63, 3.8) is 0 Å². The summed E-state index contributed by atoms with van der Waals surface area (Å²) in [6, 6.07) is 1.44. The molecule has 0 spiro atoms. The molecule has 1 fully saturated rings. The summed E-state index contributed by atoms with van der Waals surface area (Å²) in [5.74, 6) is 3.63. The Labute approximate surface area is 112 Å². The third-order valence-corrected chi connectivity index (χ3v) is 12.6. The van der Waals surface area contributed by atoms with E-state index in [4.69, 9.17) is 0 Å². The van der Waals surface area contributed by atoms with Crippen molar-refractivity contribution in [1.29, 1.82) is 0 Å². The first-order valence-corrected chi connectivity index (χ1v) is 11.0. The van der Waals surface area contributed by atoms with Crippen molar-refractivity contribution in [3.05, 3.63) is 12.7 Å². The lowest BCUT2D eigenvalue weighted by Gasteiger charge is -2.41. The fraction of sp³-hybridized carbons (Fsp3) is 0.846. The second kappa shape index (κ2) is 7.17. The smallest absolute Gasteiger partial charge is 0.0656 e. The van der Waals surface area contributed by atoms with E-state index in [0.717, 1.165) is 5.92 Å². The summed E-state index contributed by atoms with van der Waals surface area (Å²) < 4.78 is 0.634. The van der Waals surface area contributed by atoms with Gasteiger partial charge in [-0.25, -0.2) is 0 Å². The van der Waals surface area contributed by atoms with E-state index < -0.39 is 8.80 Å². The van der Waals surface area contributed by atoms with E-state index in [1.165, 1.54) is 36.8 Å². The van der Waals surface area contributed by atoms with E-state index in [1.54, 1.807) is 0 Å². The van der Waals surface area contributed by atoms with E-state index in [1.807, 2.05) is 0 Å². The maximum absolute atomic E-state index is 3.87. The van der Waals surface area contributed by atoms with Gasteiger partial charge in [-0.05, 0) is 36.7 Å². The number of thioether (sulfide) groups is 2. The average molecular weight is 275 g/mol. The summed E-state index contributed by atoms with van der Waals surface area (Å²) in [5.41, 5.74) is 0. The Bertz CT molecular complexity index is 210. The second-order valence-corrected chi connectivity index (χ2v) is 12.5. The number of hydrogen-bond acceptors (Lipinski definition) is 2. The number of hydrogen-bond donors (Lipinski definition) is 0. The van der Waals surface area contributed by atoms with Crippen molar-refractivity contribution < 1.29 is 0 Å². The lowest BCUT2D eigenvalue weighted by molar-refractivity contribution is 0.596. The summed E-state index contributed by atoms with van der Waals surface area (Å²) in [4.78, 5) is 0. The summed E-state index contributed by atoms with van der Waals surface area (Å²) in [6.07, 6.45) is 6.17. The Morgan fingerprint density at radius 2 is 2.00 bits per heavy atom. The fourth-order valence-corrected chi connectivity index (χ4v) is 11.3. The van der Waals surface area contributed by atoms with Crippen LogP contribution in [-0.2, 0) is 0 Å². The zero-order chi connectivity index (χ0) is 12.0. The fourth-order valence-electron chi connectivity index (χ4n) is 2.35. The van der Waals surface area contributed by atoms with Crippen molar-refractivity contribution in [3.8, 4) is 0 Å². The third-order valence-electron chi connectivity index (χ3n) is 3.23. The molecule has 1 atom stereocenters. The van der Waals surface area contributed by atoms with Crippen molar-refractivity contribution in [2.24, 2.45) is 5.92 Å². The quantitative estimate of drug-likeness (QED) is 0.514. The van der Waals surface area contributed by atoms with Gasteiger partial charge in [0.2, 0.25) is 0 Å². The molecule has 0 bridgehead atoms. The molecule has 0 aliphatic carbocycles. The molecule has 0 aromatic heterocycles. The van der Waals surface area contributed by atoms with E-state index >= 15 is 0 Å². The lowest BCUT2D eigenvalue weighted by atomic mass is 10.2. The Balaban J connectivity index is 2.63. The van der Waals surface area contributed by atoms with Crippen LogP contribution in [0, 0.1) is 5.92 Å². The first-order valence-electron chi connectivity index (χ1n) is 6.49. The number of rotatable bonds is 6. The Hall–Kier alpha value is 0.657. The van der Waals surface area contributed by atoms with Crippen LogP contribution >= 0.6 is 23.5 Å². The van der Waals surface area contributed by atoms with Crippen LogP contribution in [0.3, 0.4) is 0 Å². The topological polar surface area (TPSA) is 0 Å². The predicted octanol–water partition coefficient (Wildman–Crippen LogP) is 4.57. The minimum Gasteiger partial charge on any atom is -0.148 e. The van der Waals surface area contributed by atoms with E-state index in [0.29, 0.717) is 3.70 Å². The van der Waals surface area contributed by atoms with Crippen LogP contribution < -0.4 is 0 Å². The van der Waals surface area contributed by atoms with Gasteiger partial charge in [-0.3, -0.25) is 0 Å². The molecular formula is C13H26S2Si. The maximum atomic E-state index is 3.87. The van der Waals surface area contributed by atoms with Gasteiger partial charge in [0.05, 0.1) is 8.80 Å². The van der Waals surface area contributed by atoms with Crippen LogP contribution in [0.15, 0.2) is 12.7 Å². The molecule has 1 rings (SSSR count). The van der Waals surface area contributed by atoms with Gasteiger partial charge in [0.1, 0.15) is 0 Å². The average Bonchev–Trinajstić information content (AvgIpc) is 2.26. The molecule has 0 aromatic rings. The Kier molecular flexibility index (Phi) is 6.60. The zero-order valence-electron chi connectivity index (χ0n) is 11.0. The molecule has 0 N–H and O–H groups in total. The molecule has 0 saturated carbocycles. The highest BCUT2D eigenvalue weighted by molar-refractivity contribution is 8.21. The Morgan fingerprint density at radius 3 is 2.50 bits per heavy atom. The summed E-state index contributed by atoms with van der Waals surface area (Å²) in [7, 11) is -0.638. The van der Waals surface area contributed by atoms with Gasteiger partial charge < -0.3 is 0 Å². The molecule has 0 nitrogen and oxygen atoms in total. The SMILES string of the molecule is C=CCC[SiH](C)C1(CC(C)C)SCCCS1. The molecule has 1 unspecified atom stereocenters. The predicted molar refractivity (Wildman–Crippen MR) is 84.4 cm³/mol. The first-order chi connectivity index (χ1) is 7.60. The molecule has 1 saturated heterocycles. The highest BCUT2D eigenvalue weighted by Crippen LogP contribution is 2.49. The van der Waals surface area contributed by atoms with Crippen molar-refractivity contribution in [2.45, 2.75) is 49.4 Å². The molecule has 0 radical (unpaired) electrons. The van der Waals surface area contributed by atoms with Gasteiger partial charge in [-0.2, -0.15) is 0 Å². The van der Waals surface area contributed by atoms with E-state index in [-0.39, 0.29) is 0 Å². The van der Waals surface area contributed by atoms with Gasteiger partial charge in [-0.15, -0.1) is 30.1 Å². The lowest BCUT2D eigenvalue weighted by Crippen LogP contribution is -2.41. The molecule has 0 aromatic carbocycles. The molecule has 1 aliphatic rings.